The van der Waals surface area contributed by atoms with Gasteiger partial charge in [-0.15, -0.1) is 0 Å². The van der Waals surface area contributed by atoms with Crippen molar-refractivity contribution in [2.75, 3.05) is 32.2 Å². The van der Waals surface area contributed by atoms with Crippen molar-refractivity contribution in [3.8, 4) is 11.5 Å². The molecule has 0 atom stereocenters. The van der Waals surface area contributed by atoms with Crippen LogP contribution in [0.5, 0.6) is 11.5 Å². The molecule has 0 saturated heterocycles. The van der Waals surface area contributed by atoms with Crippen LogP contribution >= 0.6 is 22.6 Å². The quantitative estimate of drug-likeness (QED) is 0.498. The van der Waals surface area contributed by atoms with Crippen LogP contribution in [0.4, 0.5) is 5.69 Å². The molecule has 1 amide bonds. The van der Waals surface area contributed by atoms with E-state index < -0.39 is 0 Å². The molecular weight excluding hydrogens is 421 g/mol. The van der Waals surface area contributed by atoms with Gasteiger partial charge in [0.1, 0.15) is 18.1 Å². The summed E-state index contributed by atoms with van der Waals surface area (Å²) >= 11 is 2.14. The fourth-order valence-electron chi connectivity index (χ4n) is 2.05. The molecule has 2 aromatic rings. The van der Waals surface area contributed by atoms with Gasteiger partial charge in [0.15, 0.2) is 0 Å². The molecule has 0 saturated carbocycles. The second-order valence-electron chi connectivity index (χ2n) is 4.84. The summed E-state index contributed by atoms with van der Waals surface area (Å²) in [7, 11) is 1.60. The third kappa shape index (κ3) is 5.10. The van der Waals surface area contributed by atoms with E-state index in [1.54, 1.807) is 25.3 Å². The molecule has 0 aliphatic carbocycles. The molecule has 0 radical (unpaired) electrons. The molecule has 24 heavy (non-hydrogen) atoms. The molecule has 0 spiro atoms. The normalized spacial score (nSPS) is 10.3. The molecule has 5 nitrogen and oxygen atoms in total. The number of ether oxygens (including phenoxy) is 3. The second-order valence-corrected chi connectivity index (χ2v) is 6.01. The largest absolute Gasteiger partial charge is 0.496 e. The molecule has 6 heteroatoms. The highest BCUT2D eigenvalue weighted by Gasteiger charge is 2.11. The van der Waals surface area contributed by atoms with E-state index in [0.717, 1.165) is 9.32 Å². The zero-order valence-corrected chi connectivity index (χ0v) is 15.8. The number of anilines is 1. The minimum Gasteiger partial charge on any atom is -0.496 e. The average Bonchev–Trinajstić information content (AvgIpc) is 2.60. The minimum absolute atomic E-state index is 0.198. The van der Waals surface area contributed by atoms with Crippen LogP contribution in [-0.2, 0) is 4.74 Å². The van der Waals surface area contributed by atoms with Gasteiger partial charge in [-0.3, -0.25) is 4.79 Å². The van der Waals surface area contributed by atoms with Gasteiger partial charge in [0.2, 0.25) is 0 Å². The highest BCUT2D eigenvalue weighted by Crippen LogP contribution is 2.26. The highest BCUT2D eigenvalue weighted by atomic mass is 127. The molecule has 0 fully saturated rings. The molecule has 0 bridgehead atoms. The number of amides is 1. The van der Waals surface area contributed by atoms with Gasteiger partial charge < -0.3 is 19.5 Å². The number of hydrogen-bond donors (Lipinski definition) is 1. The number of para-hydroxylation sites is 2. The smallest absolute Gasteiger partial charge is 0.255 e. The van der Waals surface area contributed by atoms with E-state index in [2.05, 4.69) is 27.9 Å². The average molecular weight is 441 g/mol. The van der Waals surface area contributed by atoms with Crippen LogP contribution in [0.1, 0.15) is 17.3 Å². The van der Waals surface area contributed by atoms with E-state index in [0.29, 0.717) is 36.8 Å². The lowest BCUT2D eigenvalue weighted by Crippen LogP contribution is -2.14. The summed E-state index contributed by atoms with van der Waals surface area (Å²) in [4.78, 5) is 12.5. The molecule has 0 unspecified atom stereocenters. The van der Waals surface area contributed by atoms with E-state index in [9.17, 15) is 4.79 Å². The van der Waals surface area contributed by atoms with Crippen molar-refractivity contribution >= 4 is 34.2 Å². The van der Waals surface area contributed by atoms with Crippen molar-refractivity contribution in [2.45, 2.75) is 6.92 Å². The monoisotopic (exact) mass is 441 g/mol. The standard InChI is InChI=1S/C18H20INO4/c1-3-23-10-11-24-17-7-5-4-6-15(17)20-18(21)13-8-9-16(22-2)14(19)12-13/h4-9,12H,3,10-11H2,1-2H3,(H,20,21). The summed E-state index contributed by atoms with van der Waals surface area (Å²) in [6, 6.07) is 12.6. The maximum atomic E-state index is 12.5. The molecule has 128 valence electrons. The third-order valence-corrected chi connectivity index (χ3v) is 4.08. The zero-order chi connectivity index (χ0) is 17.4. The van der Waals surface area contributed by atoms with Crippen molar-refractivity contribution in [3.63, 3.8) is 0 Å². The van der Waals surface area contributed by atoms with E-state index in [-0.39, 0.29) is 5.91 Å². The van der Waals surface area contributed by atoms with Crippen molar-refractivity contribution in [1.82, 2.24) is 0 Å². The van der Waals surface area contributed by atoms with Gasteiger partial charge in [-0.25, -0.2) is 0 Å². The summed E-state index contributed by atoms with van der Waals surface area (Å²) in [5, 5.41) is 2.88. The lowest BCUT2D eigenvalue weighted by Gasteiger charge is -2.13. The van der Waals surface area contributed by atoms with Gasteiger partial charge in [0, 0.05) is 12.2 Å². The van der Waals surface area contributed by atoms with Crippen molar-refractivity contribution < 1.29 is 19.0 Å². The first-order valence-electron chi connectivity index (χ1n) is 7.60. The number of carbonyl (C=O) groups excluding carboxylic acids is 1. The summed E-state index contributed by atoms with van der Waals surface area (Å²) < 4.78 is 17.0. The Bertz CT molecular complexity index is 690. The van der Waals surface area contributed by atoms with E-state index in [4.69, 9.17) is 14.2 Å². The Labute approximate surface area is 155 Å². The first-order chi connectivity index (χ1) is 11.7. The number of rotatable bonds is 8. The van der Waals surface area contributed by atoms with Gasteiger partial charge >= 0.3 is 0 Å². The number of benzene rings is 2. The third-order valence-electron chi connectivity index (χ3n) is 3.24. The van der Waals surface area contributed by atoms with E-state index in [1.165, 1.54) is 0 Å². The summed E-state index contributed by atoms with van der Waals surface area (Å²) in [6.45, 7) is 3.53. The Hall–Kier alpha value is -1.80. The van der Waals surface area contributed by atoms with Gasteiger partial charge in [-0.05, 0) is 59.8 Å². The van der Waals surface area contributed by atoms with Crippen molar-refractivity contribution in [3.05, 3.63) is 51.6 Å². The summed E-state index contributed by atoms with van der Waals surface area (Å²) in [5.74, 6) is 1.16. The minimum atomic E-state index is -0.198. The number of hydrogen-bond acceptors (Lipinski definition) is 4. The number of methoxy groups -OCH3 is 1. The van der Waals surface area contributed by atoms with Crippen molar-refractivity contribution in [1.29, 1.82) is 0 Å². The van der Waals surface area contributed by atoms with Crippen LogP contribution in [0.15, 0.2) is 42.5 Å². The zero-order valence-electron chi connectivity index (χ0n) is 13.7. The lowest BCUT2D eigenvalue weighted by atomic mass is 10.2. The Morgan fingerprint density at radius 3 is 2.62 bits per heavy atom. The van der Waals surface area contributed by atoms with Gasteiger partial charge in [0.05, 0.1) is 23.0 Å². The van der Waals surface area contributed by atoms with Crippen LogP contribution in [0, 0.1) is 3.57 Å². The number of nitrogens with one attached hydrogen (secondary N) is 1. The lowest BCUT2D eigenvalue weighted by molar-refractivity contribution is 0.102. The predicted octanol–water partition coefficient (Wildman–Crippen LogP) is 3.97. The first kappa shape index (κ1) is 18.5. The van der Waals surface area contributed by atoms with Gasteiger partial charge in [-0.1, -0.05) is 12.1 Å². The maximum Gasteiger partial charge on any atom is 0.255 e. The summed E-state index contributed by atoms with van der Waals surface area (Å²) in [5.41, 5.74) is 1.19. The SMILES string of the molecule is CCOCCOc1ccccc1NC(=O)c1ccc(OC)c(I)c1. The first-order valence-corrected chi connectivity index (χ1v) is 8.68. The molecule has 0 aromatic heterocycles. The topological polar surface area (TPSA) is 56.8 Å². The molecule has 2 aromatic carbocycles. The Kier molecular flexibility index (Phi) is 7.33. The highest BCUT2D eigenvalue weighted by molar-refractivity contribution is 14.1. The predicted molar refractivity (Wildman–Crippen MR) is 102 cm³/mol. The van der Waals surface area contributed by atoms with E-state index in [1.807, 2.05) is 31.2 Å². The van der Waals surface area contributed by atoms with Crippen LogP contribution in [-0.4, -0.2) is 32.8 Å². The van der Waals surface area contributed by atoms with Crippen LogP contribution in [0.3, 0.4) is 0 Å². The van der Waals surface area contributed by atoms with Crippen LogP contribution in [0.25, 0.3) is 0 Å². The second kappa shape index (κ2) is 9.48. The fraction of sp³-hybridized carbons (Fsp3) is 0.278. The van der Waals surface area contributed by atoms with Gasteiger partial charge in [-0.2, -0.15) is 0 Å². The molecule has 0 aliphatic heterocycles. The van der Waals surface area contributed by atoms with Crippen LogP contribution < -0.4 is 14.8 Å². The van der Waals surface area contributed by atoms with E-state index >= 15 is 0 Å². The van der Waals surface area contributed by atoms with Gasteiger partial charge in [0.25, 0.3) is 5.91 Å². The molecule has 2 rings (SSSR count). The molecular formula is C18H20INO4. The maximum absolute atomic E-state index is 12.5. The molecule has 1 N–H and O–H groups in total. The summed E-state index contributed by atoms with van der Waals surface area (Å²) in [6.07, 6.45) is 0. The fourth-order valence-corrected chi connectivity index (χ4v) is 2.79. The molecule has 0 aliphatic rings. The molecule has 0 heterocycles. The Morgan fingerprint density at radius 2 is 1.92 bits per heavy atom. The van der Waals surface area contributed by atoms with Crippen LogP contribution in [0.2, 0.25) is 0 Å². The number of carbonyl (C=O) groups is 1. The number of halogens is 1. The Balaban J connectivity index is 2.07. The van der Waals surface area contributed by atoms with Crippen molar-refractivity contribution in [2.24, 2.45) is 0 Å². The Morgan fingerprint density at radius 1 is 1.12 bits per heavy atom.